The van der Waals surface area contributed by atoms with E-state index in [0.717, 1.165) is 41.1 Å². The first kappa shape index (κ1) is 20.9. The lowest BCUT2D eigenvalue weighted by molar-refractivity contribution is -0.899. The molecule has 0 radical (unpaired) electrons. The molecule has 1 aromatic carbocycles. The van der Waals surface area contributed by atoms with Crippen LogP contribution in [0.4, 0.5) is 5.69 Å². The number of para-hydroxylation sites is 1. The maximum atomic E-state index is 12.2. The van der Waals surface area contributed by atoms with Crippen LogP contribution in [0, 0.1) is 19.8 Å². The van der Waals surface area contributed by atoms with E-state index >= 15 is 0 Å². The van der Waals surface area contributed by atoms with E-state index in [2.05, 4.69) is 10.6 Å². The average molecular weight is 376 g/mol. The van der Waals surface area contributed by atoms with Gasteiger partial charge in [-0.25, -0.2) is 0 Å². The molecule has 0 aromatic heterocycles. The van der Waals surface area contributed by atoms with Crippen molar-refractivity contribution in [3.05, 3.63) is 29.3 Å². The molecule has 1 heterocycles. The van der Waals surface area contributed by atoms with Crippen molar-refractivity contribution < 1.29 is 24.0 Å². The van der Waals surface area contributed by atoms with Gasteiger partial charge in [-0.05, 0) is 44.7 Å². The number of carbonyl (C=O) groups is 3. The van der Waals surface area contributed by atoms with Gasteiger partial charge < -0.3 is 20.3 Å². The summed E-state index contributed by atoms with van der Waals surface area (Å²) in [5.41, 5.74) is 2.76. The van der Waals surface area contributed by atoms with Gasteiger partial charge in [0.15, 0.2) is 6.54 Å². The van der Waals surface area contributed by atoms with Crippen molar-refractivity contribution in [3.63, 3.8) is 0 Å². The fraction of sp³-hybridized carbons (Fsp3) is 0.550. The quantitative estimate of drug-likeness (QED) is 0.594. The van der Waals surface area contributed by atoms with Gasteiger partial charge in [-0.3, -0.25) is 14.4 Å². The second kappa shape index (κ2) is 10.1. The molecule has 7 nitrogen and oxygen atoms in total. The second-order valence-corrected chi connectivity index (χ2v) is 7.06. The van der Waals surface area contributed by atoms with E-state index in [1.807, 2.05) is 32.0 Å². The number of benzene rings is 1. The molecule has 1 aromatic rings. The number of amides is 2. The second-order valence-electron chi connectivity index (χ2n) is 7.06. The number of carbonyl (C=O) groups excluding carboxylic acids is 3. The number of rotatable bonds is 7. The summed E-state index contributed by atoms with van der Waals surface area (Å²) < 4.78 is 5.08. The molecule has 0 saturated carbocycles. The summed E-state index contributed by atoms with van der Waals surface area (Å²) in [6.07, 6.45) is 1.70. The minimum absolute atomic E-state index is 0.0683. The van der Waals surface area contributed by atoms with E-state index < -0.39 is 0 Å². The van der Waals surface area contributed by atoms with E-state index in [0.29, 0.717) is 13.2 Å². The highest BCUT2D eigenvalue weighted by molar-refractivity contribution is 5.95. The molecule has 2 rings (SSSR count). The highest BCUT2D eigenvalue weighted by Gasteiger charge is 2.30. The van der Waals surface area contributed by atoms with E-state index in [9.17, 15) is 14.4 Å². The van der Waals surface area contributed by atoms with Gasteiger partial charge in [-0.1, -0.05) is 18.2 Å². The Bertz CT molecular complexity index is 670. The largest absolute Gasteiger partial charge is 0.466 e. The molecule has 148 valence electrons. The molecular formula is C20H30N3O4+. The van der Waals surface area contributed by atoms with Crippen LogP contribution in [-0.2, 0) is 19.1 Å². The monoisotopic (exact) mass is 376 g/mol. The smallest absolute Gasteiger partial charge is 0.314 e. The number of aryl methyl sites for hydroxylation is 2. The number of ether oxygens (including phenoxy) is 1. The van der Waals surface area contributed by atoms with Gasteiger partial charge in [0.25, 0.3) is 5.91 Å². The summed E-state index contributed by atoms with van der Waals surface area (Å²) in [6.45, 7) is 7.66. The first-order chi connectivity index (χ1) is 12.9. The molecule has 1 fully saturated rings. The summed E-state index contributed by atoms with van der Waals surface area (Å²) in [5.74, 6) is -0.762. The molecule has 1 saturated heterocycles. The van der Waals surface area contributed by atoms with Crippen LogP contribution in [0.3, 0.4) is 0 Å². The summed E-state index contributed by atoms with van der Waals surface area (Å²) >= 11 is 0. The molecule has 1 unspecified atom stereocenters. The van der Waals surface area contributed by atoms with Gasteiger partial charge in [0, 0.05) is 5.69 Å². The average Bonchev–Trinajstić information content (AvgIpc) is 2.63. The van der Waals surface area contributed by atoms with Crippen LogP contribution in [0.15, 0.2) is 18.2 Å². The third kappa shape index (κ3) is 6.36. The Morgan fingerprint density at radius 2 is 1.89 bits per heavy atom. The molecule has 2 amide bonds. The van der Waals surface area contributed by atoms with Crippen LogP contribution in [0.25, 0.3) is 0 Å². The number of hydrogen-bond acceptors (Lipinski definition) is 4. The molecule has 1 aliphatic rings. The summed E-state index contributed by atoms with van der Waals surface area (Å²) in [5, 5.41) is 5.52. The van der Waals surface area contributed by atoms with Gasteiger partial charge in [0.2, 0.25) is 5.91 Å². The van der Waals surface area contributed by atoms with Crippen molar-refractivity contribution in [1.29, 1.82) is 0 Å². The van der Waals surface area contributed by atoms with Crippen LogP contribution in [-0.4, -0.2) is 50.6 Å². The van der Waals surface area contributed by atoms with E-state index in [1.54, 1.807) is 6.92 Å². The highest BCUT2D eigenvalue weighted by Crippen LogP contribution is 2.18. The molecule has 0 spiro atoms. The fourth-order valence-electron chi connectivity index (χ4n) is 3.44. The molecule has 0 bridgehead atoms. The third-order valence-electron chi connectivity index (χ3n) is 4.84. The Hall–Kier alpha value is -2.41. The van der Waals surface area contributed by atoms with Crippen LogP contribution in [0.5, 0.6) is 0 Å². The number of piperidine rings is 1. The molecule has 7 heteroatoms. The SMILES string of the molecule is CCOC(=O)[C@H]1CCC[NH+](CC(=O)NCC(=O)Nc2c(C)cccc2C)C1. The van der Waals surface area contributed by atoms with E-state index in [1.165, 1.54) is 0 Å². The third-order valence-corrected chi connectivity index (χ3v) is 4.84. The maximum Gasteiger partial charge on any atom is 0.314 e. The predicted octanol–water partition coefficient (Wildman–Crippen LogP) is 0.216. The number of esters is 1. The number of likely N-dealkylation sites (tertiary alicyclic amines) is 1. The predicted molar refractivity (Wildman–Crippen MR) is 102 cm³/mol. The number of quaternary nitrogens is 1. The van der Waals surface area contributed by atoms with Gasteiger partial charge in [0.1, 0.15) is 5.92 Å². The van der Waals surface area contributed by atoms with Gasteiger partial charge in [-0.2, -0.15) is 0 Å². The zero-order valence-electron chi connectivity index (χ0n) is 16.4. The van der Waals surface area contributed by atoms with Crippen LogP contribution in [0.2, 0.25) is 0 Å². The first-order valence-corrected chi connectivity index (χ1v) is 9.53. The standard InChI is InChI=1S/C20H29N3O4/c1-4-27-20(26)16-9-6-10-23(12-16)13-18(25)21-11-17(24)22-19-14(2)7-5-8-15(19)3/h5,7-8,16H,4,6,9-13H2,1-3H3,(H,21,25)(H,22,24)/p+1/t16-/m0/s1. The molecular weight excluding hydrogens is 346 g/mol. The molecule has 3 N–H and O–H groups in total. The molecule has 1 aliphatic heterocycles. The Labute approximate surface area is 160 Å². The van der Waals surface area contributed by atoms with Crippen LogP contribution >= 0.6 is 0 Å². The van der Waals surface area contributed by atoms with Gasteiger partial charge >= 0.3 is 5.97 Å². The maximum absolute atomic E-state index is 12.2. The highest BCUT2D eigenvalue weighted by atomic mass is 16.5. The van der Waals surface area contributed by atoms with Crippen molar-refractivity contribution in [2.75, 3.05) is 38.1 Å². The number of anilines is 1. The Morgan fingerprint density at radius 3 is 2.56 bits per heavy atom. The van der Waals surface area contributed by atoms with Gasteiger partial charge in [0.05, 0.1) is 26.2 Å². The normalized spacial score (nSPS) is 19.2. The Morgan fingerprint density at radius 1 is 1.19 bits per heavy atom. The molecule has 2 atom stereocenters. The minimum atomic E-state index is -0.251. The van der Waals surface area contributed by atoms with Crippen molar-refractivity contribution in [1.82, 2.24) is 5.32 Å². The number of nitrogens with one attached hydrogen (secondary N) is 3. The zero-order chi connectivity index (χ0) is 19.8. The van der Waals surface area contributed by atoms with E-state index in [4.69, 9.17) is 4.74 Å². The van der Waals surface area contributed by atoms with Crippen molar-refractivity contribution in [3.8, 4) is 0 Å². The fourth-order valence-corrected chi connectivity index (χ4v) is 3.44. The summed E-state index contributed by atoms with van der Waals surface area (Å²) in [4.78, 5) is 37.2. The van der Waals surface area contributed by atoms with Crippen LogP contribution < -0.4 is 15.5 Å². The minimum Gasteiger partial charge on any atom is -0.466 e. The van der Waals surface area contributed by atoms with Crippen molar-refractivity contribution in [2.24, 2.45) is 5.92 Å². The zero-order valence-corrected chi connectivity index (χ0v) is 16.4. The van der Waals surface area contributed by atoms with Crippen molar-refractivity contribution >= 4 is 23.5 Å². The lowest BCUT2D eigenvalue weighted by atomic mass is 9.98. The van der Waals surface area contributed by atoms with Crippen LogP contribution in [0.1, 0.15) is 30.9 Å². The lowest BCUT2D eigenvalue weighted by Crippen LogP contribution is -3.14. The van der Waals surface area contributed by atoms with Gasteiger partial charge in [-0.15, -0.1) is 0 Å². The Kier molecular flexibility index (Phi) is 7.79. The molecule has 27 heavy (non-hydrogen) atoms. The first-order valence-electron chi connectivity index (χ1n) is 9.53. The Balaban J connectivity index is 1.77. The summed E-state index contributed by atoms with van der Waals surface area (Å²) in [7, 11) is 0. The van der Waals surface area contributed by atoms with E-state index in [-0.39, 0.29) is 36.8 Å². The lowest BCUT2D eigenvalue weighted by Gasteiger charge is -2.28. The molecule has 0 aliphatic carbocycles. The summed E-state index contributed by atoms with van der Waals surface area (Å²) in [6, 6.07) is 5.80. The topological polar surface area (TPSA) is 88.9 Å². The van der Waals surface area contributed by atoms with Crippen molar-refractivity contribution in [2.45, 2.75) is 33.6 Å². The number of hydrogen-bond donors (Lipinski definition) is 3.